The van der Waals surface area contributed by atoms with Crippen molar-refractivity contribution in [1.29, 1.82) is 0 Å². The van der Waals surface area contributed by atoms with E-state index in [0.29, 0.717) is 59.5 Å². The van der Waals surface area contributed by atoms with Crippen LogP contribution in [0.4, 0.5) is 8.78 Å². The largest absolute Gasteiger partial charge is 0.463 e. The third-order valence-electron chi connectivity index (χ3n) is 5.81. The number of esters is 1. The van der Waals surface area contributed by atoms with Gasteiger partial charge >= 0.3 is 5.97 Å². The first-order valence-corrected chi connectivity index (χ1v) is 16.2. The third-order valence-corrected chi connectivity index (χ3v) is 7.29. The van der Waals surface area contributed by atoms with Crippen molar-refractivity contribution in [3.63, 3.8) is 0 Å². The van der Waals surface area contributed by atoms with Crippen LogP contribution in [0.2, 0.25) is 0 Å². The highest BCUT2D eigenvalue weighted by atomic mass is 32.2. The maximum absolute atomic E-state index is 14.6. The van der Waals surface area contributed by atoms with Gasteiger partial charge in [0, 0.05) is 19.2 Å². The van der Waals surface area contributed by atoms with Crippen LogP contribution in [0, 0.1) is 11.6 Å². The number of benzene rings is 2. The van der Waals surface area contributed by atoms with Crippen LogP contribution in [0.5, 0.6) is 11.5 Å². The first-order valence-electron chi connectivity index (χ1n) is 14.7. The van der Waals surface area contributed by atoms with Crippen molar-refractivity contribution in [1.82, 2.24) is 4.72 Å². The van der Waals surface area contributed by atoms with Gasteiger partial charge in [-0.25, -0.2) is 26.7 Å². The van der Waals surface area contributed by atoms with Gasteiger partial charge in [0.2, 0.25) is 10.0 Å². The number of ether oxygens (including phenoxy) is 8. The van der Waals surface area contributed by atoms with Crippen LogP contribution in [-0.4, -0.2) is 107 Å². The fourth-order valence-electron chi connectivity index (χ4n) is 3.57. The maximum Gasteiger partial charge on any atom is 0.333 e. The highest BCUT2D eigenvalue weighted by Crippen LogP contribution is 2.30. The van der Waals surface area contributed by atoms with Gasteiger partial charge in [0.25, 0.3) is 0 Å². The molecule has 0 saturated carbocycles. The Bertz CT molecular complexity index is 1290. The predicted molar refractivity (Wildman–Crippen MR) is 164 cm³/mol. The SMILES string of the molecule is CCOC(=O)/C(C)=C/c1cc(F)c(Oc2ccc(S(=O)(=O)NCCOCCOCCOCCOCCOCCOC)cc2)c(F)c1. The normalized spacial score (nSPS) is 12.0. The number of carbonyl (C=O) groups is 1. The molecule has 0 amide bonds. The van der Waals surface area contributed by atoms with E-state index in [4.69, 9.17) is 37.9 Å². The highest BCUT2D eigenvalue weighted by molar-refractivity contribution is 7.89. The Labute approximate surface area is 268 Å². The van der Waals surface area contributed by atoms with E-state index in [0.717, 1.165) is 12.1 Å². The zero-order valence-corrected chi connectivity index (χ0v) is 27.2. The van der Waals surface area contributed by atoms with E-state index >= 15 is 0 Å². The second kappa shape index (κ2) is 22.5. The van der Waals surface area contributed by atoms with E-state index in [1.807, 2.05) is 0 Å². The van der Waals surface area contributed by atoms with Gasteiger partial charge < -0.3 is 37.9 Å². The van der Waals surface area contributed by atoms with E-state index in [1.54, 1.807) is 14.0 Å². The average molecular weight is 676 g/mol. The molecule has 0 bridgehead atoms. The lowest BCUT2D eigenvalue weighted by Crippen LogP contribution is -2.27. The molecule has 0 atom stereocenters. The van der Waals surface area contributed by atoms with Crippen LogP contribution >= 0.6 is 0 Å². The van der Waals surface area contributed by atoms with E-state index in [9.17, 15) is 22.0 Å². The monoisotopic (exact) mass is 675 g/mol. The highest BCUT2D eigenvalue weighted by Gasteiger charge is 2.17. The van der Waals surface area contributed by atoms with Crippen LogP contribution in [0.15, 0.2) is 46.9 Å². The number of halogens is 2. The van der Waals surface area contributed by atoms with Crippen LogP contribution in [0.3, 0.4) is 0 Å². The van der Waals surface area contributed by atoms with E-state index in [1.165, 1.54) is 37.3 Å². The Hall–Kier alpha value is -3.02. The summed E-state index contributed by atoms with van der Waals surface area (Å²) in [5.74, 6) is -3.26. The lowest BCUT2D eigenvalue weighted by Gasteiger charge is -2.11. The van der Waals surface area contributed by atoms with Crippen LogP contribution in [0.25, 0.3) is 6.08 Å². The summed E-state index contributed by atoms with van der Waals surface area (Å²) < 4.78 is 98.7. The minimum Gasteiger partial charge on any atom is -0.463 e. The standard InChI is InChI=1S/C31H43F2NO11S/c1-4-44-31(35)24(2)21-25-22-28(32)30(29(33)23-25)45-26-5-7-27(8-6-26)46(36,37)34-9-10-39-13-14-41-17-18-43-20-19-42-16-15-40-12-11-38-3/h5-8,21-23,34H,4,9-20H2,1-3H3/b24-21+. The lowest BCUT2D eigenvalue weighted by molar-refractivity contribution is -0.138. The number of carbonyl (C=O) groups excluding carboxylic acids is 1. The fraction of sp³-hybridized carbons (Fsp3) is 0.516. The summed E-state index contributed by atoms with van der Waals surface area (Å²) in [5.41, 5.74) is 0.281. The van der Waals surface area contributed by atoms with Crippen molar-refractivity contribution in [3.05, 3.63) is 59.2 Å². The molecule has 0 radical (unpaired) electrons. The van der Waals surface area contributed by atoms with Crippen molar-refractivity contribution < 1.29 is 59.9 Å². The van der Waals surface area contributed by atoms with Gasteiger partial charge in [-0.15, -0.1) is 0 Å². The van der Waals surface area contributed by atoms with E-state index in [2.05, 4.69) is 4.72 Å². The molecule has 0 fully saturated rings. The summed E-state index contributed by atoms with van der Waals surface area (Å²) in [5, 5.41) is 0. The number of hydrogen-bond donors (Lipinski definition) is 1. The van der Waals surface area contributed by atoms with Gasteiger partial charge in [-0.1, -0.05) is 0 Å². The number of sulfonamides is 1. The molecule has 2 aromatic carbocycles. The van der Waals surface area contributed by atoms with Crippen molar-refractivity contribution in [3.8, 4) is 11.5 Å². The number of rotatable bonds is 25. The summed E-state index contributed by atoms with van der Waals surface area (Å²) in [4.78, 5) is 11.7. The molecule has 0 saturated heterocycles. The Kier molecular flexibility index (Phi) is 19.2. The first-order chi connectivity index (χ1) is 22.2. The molecule has 0 unspecified atom stereocenters. The Morgan fingerprint density at radius 1 is 0.783 bits per heavy atom. The Balaban J connectivity index is 1.63. The first kappa shape index (κ1) is 39.2. The number of hydrogen-bond acceptors (Lipinski definition) is 11. The van der Waals surface area contributed by atoms with Crippen molar-refractivity contribution in [2.75, 3.05) is 92.9 Å². The number of methoxy groups -OCH3 is 1. The molecule has 15 heteroatoms. The molecule has 46 heavy (non-hydrogen) atoms. The molecule has 0 spiro atoms. The summed E-state index contributed by atoms with van der Waals surface area (Å²) in [6.07, 6.45) is 1.29. The second-order valence-corrected chi connectivity index (χ2v) is 11.2. The summed E-state index contributed by atoms with van der Waals surface area (Å²) >= 11 is 0. The fourth-order valence-corrected chi connectivity index (χ4v) is 4.59. The average Bonchev–Trinajstić information content (AvgIpc) is 3.02. The lowest BCUT2D eigenvalue weighted by atomic mass is 10.1. The summed E-state index contributed by atoms with van der Waals surface area (Å²) in [7, 11) is -2.25. The summed E-state index contributed by atoms with van der Waals surface area (Å²) in [6.45, 7) is 7.78. The van der Waals surface area contributed by atoms with Gasteiger partial charge in [-0.2, -0.15) is 0 Å². The van der Waals surface area contributed by atoms with Gasteiger partial charge in [0.15, 0.2) is 17.4 Å². The quantitative estimate of drug-likeness (QED) is 0.0937. The molecule has 12 nitrogen and oxygen atoms in total. The van der Waals surface area contributed by atoms with Crippen molar-refractivity contribution in [2.24, 2.45) is 0 Å². The Morgan fingerprint density at radius 3 is 1.74 bits per heavy atom. The van der Waals surface area contributed by atoms with Gasteiger partial charge in [0.1, 0.15) is 5.75 Å². The van der Waals surface area contributed by atoms with E-state index < -0.39 is 33.4 Å². The van der Waals surface area contributed by atoms with Crippen LogP contribution < -0.4 is 9.46 Å². The van der Waals surface area contributed by atoms with Crippen molar-refractivity contribution >= 4 is 22.1 Å². The molecule has 2 aromatic rings. The molecule has 0 heterocycles. The van der Waals surface area contributed by atoms with E-state index in [-0.39, 0.29) is 48.1 Å². The minimum absolute atomic E-state index is 0.0179. The third kappa shape index (κ3) is 15.5. The molecule has 0 aliphatic rings. The van der Waals surface area contributed by atoms with Gasteiger partial charge in [0.05, 0.1) is 84.2 Å². The molecule has 0 aliphatic carbocycles. The molecule has 0 aliphatic heterocycles. The molecule has 2 rings (SSSR count). The van der Waals surface area contributed by atoms with Crippen LogP contribution in [0.1, 0.15) is 19.4 Å². The Morgan fingerprint density at radius 2 is 1.26 bits per heavy atom. The smallest absolute Gasteiger partial charge is 0.333 e. The molecular formula is C31H43F2NO11S. The predicted octanol–water partition coefficient (Wildman–Crippen LogP) is 3.73. The van der Waals surface area contributed by atoms with Crippen molar-refractivity contribution in [2.45, 2.75) is 18.7 Å². The summed E-state index contributed by atoms with van der Waals surface area (Å²) in [6, 6.07) is 7.06. The molecule has 1 N–H and O–H groups in total. The van der Waals surface area contributed by atoms with Gasteiger partial charge in [-0.05, 0) is 61.9 Å². The van der Waals surface area contributed by atoms with Crippen LogP contribution in [-0.2, 0) is 48.0 Å². The minimum atomic E-state index is -3.86. The zero-order valence-electron chi connectivity index (χ0n) is 26.4. The molecule has 0 aromatic heterocycles. The van der Waals surface area contributed by atoms with Gasteiger partial charge in [-0.3, -0.25) is 0 Å². The molecule has 258 valence electrons. The second-order valence-electron chi connectivity index (χ2n) is 9.39. The zero-order chi connectivity index (χ0) is 33.6. The number of nitrogens with one attached hydrogen (secondary N) is 1. The maximum atomic E-state index is 14.6. The molecular weight excluding hydrogens is 632 g/mol. The topological polar surface area (TPSA) is 137 Å².